The number of esters is 5. The Kier molecular flexibility index (Phi) is 27.0. The fourth-order valence-electron chi connectivity index (χ4n) is 8.87. The molecule has 71 heavy (non-hydrogen) atoms. The summed E-state index contributed by atoms with van der Waals surface area (Å²) in [5, 5.41) is 3.08. The lowest BCUT2D eigenvalue weighted by molar-refractivity contribution is -0.296. The second kappa shape index (κ2) is 33.1. The molecule has 3 aromatic carbocycles. The van der Waals surface area contributed by atoms with Gasteiger partial charge >= 0.3 is 29.8 Å². The van der Waals surface area contributed by atoms with Crippen molar-refractivity contribution in [3.8, 4) is 0 Å². The summed E-state index contributed by atoms with van der Waals surface area (Å²) < 4.78 is 42.2. The van der Waals surface area contributed by atoms with Gasteiger partial charge in [-0.1, -0.05) is 158 Å². The largest absolute Gasteiger partial charge is 0.463 e. The van der Waals surface area contributed by atoms with E-state index in [9.17, 15) is 28.8 Å². The molecular formula is C57H79NO13. The summed E-state index contributed by atoms with van der Waals surface area (Å²) in [6.07, 6.45) is 9.95. The SMILES string of the molecule is CCCCCCCCCCCCCC[C@@H](OC(=O)c1ccccc1)[C@@H](OC(=O)c1ccccc1)[C@H](COC1OC(COC(C)=O)C(OC(C)=O)C(C)C1OC(C)=O)NC(=O)CCCCCc1ccccc1. The van der Waals surface area contributed by atoms with Crippen molar-refractivity contribution >= 4 is 35.8 Å². The first-order valence-electron chi connectivity index (χ1n) is 26.0. The second-order valence-electron chi connectivity index (χ2n) is 18.6. The normalized spacial score (nSPS) is 18.8. The molecular weight excluding hydrogens is 907 g/mol. The molecule has 0 bridgehead atoms. The second-order valence-corrected chi connectivity index (χ2v) is 18.6. The number of carbonyl (C=O) groups excluding carboxylic acids is 6. The maximum Gasteiger partial charge on any atom is 0.338 e. The summed E-state index contributed by atoms with van der Waals surface area (Å²) >= 11 is 0. The van der Waals surface area contributed by atoms with E-state index < -0.39 is 85.2 Å². The number of nitrogens with one attached hydrogen (secondary N) is 1. The van der Waals surface area contributed by atoms with Gasteiger partial charge < -0.3 is 38.5 Å². The molecule has 0 radical (unpaired) electrons. The monoisotopic (exact) mass is 986 g/mol. The molecule has 14 nitrogen and oxygen atoms in total. The minimum atomic E-state index is -1.36. The first-order chi connectivity index (χ1) is 34.4. The van der Waals surface area contributed by atoms with E-state index >= 15 is 0 Å². The zero-order valence-corrected chi connectivity index (χ0v) is 42.7. The van der Waals surface area contributed by atoms with Gasteiger partial charge in [-0.3, -0.25) is 19.2 Å². The lowest BCUT2D eigenvalue weighted by Crippen LogP contribution is -2.59. The Balaban J connectivity index is 1.67. The Morgan fingerprint density at radius 1 is 0.592 bits per heavy atom. The third kappa shape index (κ3) is 22.1. The van der Waals surface area contributed by atoms with Crippen molar-refractivity contribution in [2.75, 3.05) is 13.2 Å². The van der Waals surface area contributed by atoms with Gasteiger partial charge in [-0.2, -0.15) is 0 Å². The summed E-state index contributed by atoms with van der Waals surface area (Å²) in [7, 11) is 0. The summed E-state index contributed by atoms with van der Waals surface area (Å²) in [6.45, 7) is 6.89. The maximum atomic E-state index is 14.2. The Morgan fingerprint density at radius 3 is 1.65 bits per heavy atom. The lowest BCUT2D eigenvalue weighted by atomic mass is 9.90. The predicted octanol–water partition coefficient (Wildman–Crippen LogP) is 10.6. The fourth-order valence-corrected chi connectivity index (χ4v) is 8.87. The number of ether oxygens (including phenoxy) is 7. The Bertz CT molecular complexity index is 2010. The van der Waals surface area contributed by atoms with Crippen LogP contribution in [0, 0.1) is 5.92 Å². The van der Waals surface area contributed by atoms with Crippen molar-refractivity contribution < 1.29 is 61.9 Å². The molecule has 390 valence electrons. The number of carbonyl (C=O) groups is 6. The zero-order valence-electron chi connectivity index (χ0n) is 42.7. The molecule has 1 amide bonds. The minimum absolute atomic E-state index is 0.138. The van der Waals surface area contributed by atoms with Crippen LogP contribution in [0.4, 0.5) is 0 Å². The van der Waals surface area contributed by atoms with Gasteiger partial charge in [-0.25, -0.2) is 9.59 Å². The molecule has 0 spiro atoms. The van der Waals surface area contributed by atoms with E-state index in [4.69, 9.17) is 33.2 Å². The van der Waals surface area contributed by atoms with Gasteiger partial charge in [0, 0.05) is 33.1 Å². The van der Waals surface area contributed by atoms with E-state index in [1.807, 2.05) is 18.2 Å². The van der Waals surface area contributed by atoms with Crippen LogP contribution in [0.5, 0.6) is 0 Å². The number of aryl methyl sites for hydroxylation is 1. The van der Waals surface area contributed by atoms with Crippen LogP contribution in [0.1, 0.15) is 170 Å². The van der Waals surface area contributed by atoms with E-state index in [2.05, 4.69) is 24.4 Å². The average molecular weight is 986 g/mol. The molecule has 1 heterocycles. The Morgan fingerprint density at radius 2 is 1.10 bits per heavy atom. The molecule has 1 aliphatic heterocycles. The smallest absolute Gasteiger partial charge is 0.338 e. The molecule has 3 aromatic rings. The number of hydrogen-bond acceptors (Lipinski definition) is 13. The number of unbranched alkanes of at least 4 members (excludes halogenated alkanes) is 13. The molecule has 0 saturated carbocycles. The van der Waals surface area contributed by atoms with Gasteiger partial charge in [0.25, 0.3) is 0 Å². The van der Waals surface area contributed by atoms with Crippen molar-refractivity contribution in [1.29, 1.82) is 0 Å². The summed E-state index contributed by atoms with van der Waals surface area (Å²) in [5.74, 6) is -4.33. The quantitative estimate of drug-likeness (QED) is 0.0346. The van der Waals surface area contributed by atoms with Gasteiger partial charge in [0.05, 0.1) is 23.8 Å². The molecule has 0 aliphatic carbocycles. The van der Waals surface area contributed by atoms with Crippen molar-refractivity contribution in [2.45, 2.75) is 193 Å². The highest BCUT2D eigenvalue weighted by Gasteiger charge is 2.49. The highest BCUT2D eigenvalue weighted by Crippen LogP contribution is 2.33. The Labute approximate surface area is 421 Å². The van der Waals surface area contributed by atoms with Gasteiger partial charge in [0.2, 0.25) is 5.91 Å². The highest BCUT2D eigenvalue weighted by atomic mass is 16.7. The van der Waals surface area contributed by atoms with Crippen LogP contribution in [-0.2, 0) is 58.8 Å². The zero-order chi connectivity index (χ0) is 51.2. The van der Waals surface area contributed by atoms with Gasteiger partial charge in [0.1, 0.15) is 24.9 Å². The van der Waals surface area contributed by atoms with E-state index in [0.29, 0.717) is 18.4 Å². The molecule has 4 rings (SSSR count). The Hall–Kier alpha value is -5.60. The first kappa shape index (κ1) is 58.0. The standard InChI is InChI=1S/C57H79NO13/c1-6-7-8-9-10-11-12-13-14-15-16-28-37-49(69-55(63)46-33-24-19-25-34-46)54(71-56(64)47-35-26-20-27-36-47)48(58-51(62)38-29-18-23-32-45-30-21-17-22-31-45)39-66-57-53(68-44(5)61)41(2)52(67-43(4)60)50(70-57)40-65-42(3)59/h17,19-22,24-27,30-31,33-36,41,48-50,52-54,57H,6-16,18,23,28-29,32,37-40H2,1-5H3,(H,58,62)/t41?,48-,49+,50?,52?,53?,54-,57?/m0/s1. The first-order valence-corrected chi connectivity index (χ1v) is 26.0. The third-order valence-electron chi connectivity index (χ3n) is 12.7. The average Bonchev–Trinajstić information content (AvgIpc) is 3.36. The van der Waals surface area contributed by atoms with Crippen LogP contribution in [0.3, 0.4) is 0 Å². The summed E-state index contributed by atoms with van der Waals surface area (Å²) in [6, 6.07) is 25.9. The van der Waals surface area contributed by atoms with Crippen LogP contribution in [-0.4, -0.2) is 91.8 Å². The molecule has 1 fully saturated rings. The van der Waals surface area contributed by atoms with Crippen LogP contribution < -0.4 is 5.32 Å². The van der Waals surface area contributed by atoms with Crippen molar-refractivity contribution in [2.24, 2.45) is 5.92 Å². The molecule has 1 saturated heterocycles. The molecule has 8 atom stereocenters. The molecule has 1 N–H and O–H groups in total. The molecule has 0 aromatic heterocycles. The minimum Gasteiger partial charge on any atom is -0.463 e. The van der Waals surface area contributed by atoms with E-state index in [-0.39, 0.29) is 30.9 Å². The summed E-state index contributed by atoms with van der Waals surface area (Å²) in [5.41, 5.74) is 1.74. The summed E-state index contributed by atoms with van der Waals surface area (Å²) in [4.78, 5) is 79.2. The third-order valence-corrected chi connectivity index (χ3v) is 12.7. The van der Waals surface area contributed by atoms with Crippen LogP contribution in [0.2, 0.25) is 0 Å². The van der Waals surface area contributed by atoms with Gasteiger partial charge in [-0.15, -0.1) is 0 Å². The molecule has 5 unspecified atom stereocenters. The molecule has 14 heteroatoms. The van der Waals surface area contributed by atoms with Crippen LogP contribution >= 0.6 is 0 Å². The van der Waals surface area contributed by atoms with Crippen molar-refractivity contribution in [1.82, 2.24) is 5.32 Å². The van der Waals surface area contributed by atoms with Crippen molar-refractivity contribution in [3.05, 3.63) is 108 Å². The fraction of sp³-hybridized carbons (Fsp3) is 0.579. The van der Waals surface area contributed by atoms with E-state index in [1.165, 1.54) is 71.3 Å². The number of rotatable bonds is 33. The predicted molar refractivity (Wildman–Crippen MR) is 269 cm³/mol. The van der Waals surface area contributed by atoms with E-state index in [0.717, 1.165) is 44.9 Å². The lowest BCUT2D eigenvalue weighted by Gasteiger charge is -2.44. The van der Waals surface area contributed by atoms with Crippen molar-refractivity contribution in [3.63, 3.8) is 0 Å². The topological polar surface area (TPSA) is 179 Å². The van der Waals surface area contributed by atoms with Crippen LogP contribution in [0.25, 0.3) is 0 Å². The maximum absolute atomic E-state index is 14.2. The molecule has 1 aliphatic rings. The number of hydrogen-bond donors (Lipinski definition) is 1. The highest BCUT2D eigenvalue weighted by molar-refractivity contribution is 5.90. The van der Waals surface area contributed by atoms with Crippen LogP contribution in [0.15, 0.2) is 91.0 Å². The van der Waals surface area contributed by atoms with Gasteiger partial charge in [-0.05, 0) is 61.9 Å². The number of benzene rings is 3. The van der Waals surface area contributed by atoms with Gasteiger partial charge in [0.15, 0.2) is 18.5 Å². The van der Waals surface area contributed by atoms with E-state index in [1.54, 1.807) is 67.6 Å². The number of amides is 1.